The molecule has 0 aliphatic carbocycles. The van der Waals surface area contributed by atoms with E-state index in [1.165, 1.54) is 4.31 Å². The summed E-state index contributed by atoms with van der Waals surface area (Å²) in [7, 11) is -1.94. The summed E-state index contributed by atoms with van der Waals surface area (Å²) in [6, 6.07) is 13.9. The number of carbonyl (C=O) groups excluding carboxylic acids is 1. The van der Waals surface area contributed by atoms with Crippen LogP contribution in [-0.4, -0.2) is 40.8 Å². The lowest BCUT2D eigenvalue weighted by atomic mass is 10.1. The molecule has 0 saturated carbocycles. The highest BCUT2D eigenvalue weighted by atomic mass is 35.5. The Morgan fingerprint density at radius 2 is 1.81 bits per heavy atom. The van der Waals surface area contributed by atoms with E-state index < -0.39 is 10.0 Å². The van der Waals surface area contributed by atoms with Gasteiger partial charge in [-0.1, -0.05) is 35.9 Å². The van der Waals surface area contributed by atoms with Crippen molar-refractivity contribution in [2.24, 2.45) is 0 Å². The van der Waals surface area contributed by atoms with E-state index in [1.807, 2.05) is 12.1 Å². The van der Waals surface area contributed by atoms with E-state index in [2.05, 4.69) is 5.32 Å². The predicted molar refractivity (Wildman–Crippen MR) is 103 cm³/mol. The number of ether oxygens (including phenoxy) is 1. The van der Waals surface area contributed by atoms with Gasteiger partial charge < -0.3 is 10.1 Å². The van der Waals surface area contributed by atoms with E-state index in [0.29, 0.717) is 10.7 Å². The fraction of sp³-hybridized carbons (Fsp3) is 0.278. The van der Waals surface area contributed by atoms with Crippen molar-refractivity contribution in [2.75, 3.05) is 30.8 Å². The van der Waals surface area contributed by atoms with Crippen LogP contribution < -0.4 is 14.4 Å². The van der Waals surface area contributed by atoms with Gasteiger partial charge in [-0.15, -0.1) is 0 Å². The molecule has 0 unspecified atom stereocenters. The van der Waals surface area contributed by atoms with Crippen LogP contribution in [0.4, 0.5) is 5.69 Å². The van der Waals surface area contributed by atoms with Crippen LogP contribution in [0.2, 0.25) is 5.02 Å². The lowest BCUT2D eigenvalue weighted by molar-refractivity contribution is -0.120. The van der Waals surface area contributed by atoms with Crippen LogP contribution in [0.1, 0.15) is 5.56 Å². The molecule has 26 heavy (non-hydrogen) atoms. The lowest BCUT2D eigenvalue weighted by Gasteiger charge is -2.23. The Hall–Kier alpha value is -2.25. The monoisotopic (exact) mass is 396 g/mol. The smallest absolute Gasteiger partial charge is 0.232 e. The molecule has 0 bridgehead atoms. The fourth-order valence-electron chi connectivity index (χ4n) is 2.41. The second kappa shape index (κ2) is 8.91. The average molecular weight is 397 g/mol. The third kappa shape index (κ3) is 5.64. The van der Waals surface area contributed by atoms with Crippen LogP contribution in [0.25, 0.3) is 0 Å². The molecule has 0 heterocycles. The molecular weight excluding hydrogens is 376 g/mol. The largest absolute Gasteiger partial charge is 0.497 e. The van der Waals surface area contributed by atoms with Crippen molar-refractivity contribution < 1.29 is 17.9 Å². The standard InChI is InChI=1S/C18H21ClN2O4S/c1-25-15-9-7-14(8-10-15)13-18(22)20-11-12-21(26(2,23)24)17-6-4-3-5-16(17)19/h3-10H,11-13H2,1-2H3,(H,20,22). The maximum absolute atomic E-state index is 12.1. The molecule has 8 heteroatoms. The summed E-state index contributed by atoms with van der Waals surface area (Å²) >= 11 is 6.09. The molecule has 0 atom stereocenters. The Balaban J connectivity index is 1.94. The van der Waals surface area contributed by atoms with E-state index in [0.717, 1.165) is 17.6 Å². The van der Waals surface area contributed by atoms with Gasteiger partial charge in [-0.25, -0.2) is 8.42 Å². The third-order valence-electron chi connectivity index (χ3n) is 3.68. The van der Waals surface area contributed by atoms with Crippen LogP contribution in [-0.2, 0) is 21.2 Å². The first-order valence-corrected chi connectivity index (χ1v) is 10.2. The van der Waals surface area contributed by atoms with Gasteiger partial charge in [0.25, 0.3) is 0 Å². The SMILES string of the molecule is COc1ccc(CC(=O)NCCN(c2ccccc2Cl)S(C)(=O)=O)cc1. The van der Waals surface area contributed by atoms with E-state index in [1.54, 1.807) is 43.5 Å². The molecule has 0 fully saturated rings. The minimum absolute atomic E-state index is 0.0942. The molecule has 0 aromatic heterocycles. The van der Waals surface area contributed by atoms with Gasteiger partial charge in [0.05, 0.1) is 37.0 Å². The lowest BCUT2D eigenvalue weighted by Crippen LogP contribution is -2.38. The van der Waals surface area contributed by atoms with E-state index >= 15 is 0 Å². The maximum Gasteiger partial charge on any atom is 0.232 e. The minimum Gasteiger partial charge on any atom is -0.497 e. The summed E-state index contributed by atoms with van der Waals surface area (Å²) in [6.45, 7) is 0.268. The quantitative estimate of drug-likeness (QED) is 0.743. The number of para-hydroxylation sites is 1. The first-order chi connectivity index (χ1) is 12.3. The number of rotatable bonds is 8. The van der Waals surface area contributed by atoms with Crippen molar-refractivity contribution in [3.05, 3.63) is 59.1 Å². The molecule has 2 rings (SSSR count). The Bertz CT molecular complexity index is 854. The predicted octanol–water partition coefficient (Wildman–Crippen LogP) is 2.47. The zero-order valence-corrected chi connectivity index (χ0v) is 16.2. The van der Waals surface area contributed by atoms with Crippen LogP contribution in [0.5, 0.6) is 5.75 Å². The highest BCUT2D eigenvalue weighted by Gasteiger charge is 2.19. The second-order valence-corrected chi connectivity index (χ2v) is 7.98. The topological polar surface area (TPSA) is 75.7 Å². The van der Waals surface area contributed by atoms with Gasteiger partial charge in [0.15, 0.2) is 0 Å². The van der Waals surface area contributed by atoms with Crippen LogP contribution in [0.15, 0.2) is 48.5 Å². The average Bonchev–Trinajstić information content (AvgIpc) is 2.59. The molecule has 2 aromatic rings. The van der Waals surface area contributed by atoms with Crippen molar-refractivity contribution >= 4 is 33.2 Å². The number of carbonyl (C=O) groups is 1. The number of hydrogen-bond acceptors (Lipinski definition) is 4. The fourth-order valence-corrected chi connectivity index (χ4v) is 3.63. The first kappa shape index (κ1) is 20.1. The zero-order chi connectivity index (χ0) is 19.2. The third-order valence-corrected chi connectivity index (χ3v) is 5.18. The summed E-state index contributed by atoms with van der Waals surface area (Å²) in [5, 5.41) is 3.07. The Morgan fingerprint density at radius 3 is 2.38 bits per heavy atom. The number of nitrogens with one attached hydrogen (secondary N) is 1. The van der Waals surface area contributed by atoms with Gasteiger partial charge in [0.1, 0.15) is 5.75 Å². The Morgan fingerprint density at radius 1 is 1.15 bits per heavy atom. The summed E-state index contributed by atoms with van der Waals surface area (Å²) in [5.74, 6) is 0.528. The summed E-state index contributed by atoms with van der Waals surface area (Å²) in [4.78, 5) is 12.1. The van der Waals surface area contributed by atoms with E-state index in [4.69, 9.17) is 16.3 Å². The number of amides is 1. The van der Waals surface area contributed by atoms with Gasteiger partial charge in [-0.2, -0.15) is 0 Å². The number of methoxy groups -OCH3 is 1. The Kier molecular flexibility index (Phi) is 6.88. The van der Waals surface area contributed by atoms with E-state index in [-0.39, 0.29) is 25.4 Å². The van der Waals surface area contributed by atoms with Crippen molar-refractivity contribution in [1.82, 2.24) is 5.32 Å². The number of sulfonamides is 1. The molecule has 0 spiro atoms. The molecule has 0 aliphatic rings. The molecule has 1 N–H and O–H groups in total. The van der Waals surface area contributed by atoms with Gasteiger partial charge in [-0.3, -0.25) is 9.10 Å². The number of benzene rings is 2. The molecule has 0 saturated heterocycles. The second-order valence-electron chi connectivity index (χ2n) is 5.66. The minimum atomic E-state index is -3.52. The van der Waals surface area contributed by atoms with Crippen molar-refractivity contribution in [2.45, 2.75) is 6.42 Å². The number of halogens is 1. The van der Waals surface area contributed by atoms with Crippen LogP contribution >= 0.6 is 11.6 Å². The molecule has 0 radical (unpaired) electrons. The molecule has 1 amide bonds. The highest BCUT2D eigenvalue weighted by molar-refractivity contribution is 7.92. The summed E-state index contributed by atoms with van der Waals surface area (Å²) in [6.07, 6.45) is 1.31. The van der Waals surface area contributed by atoms with Gasteiger partial charge in [0, 0.05) is 6.54 Å². The molecular formula is C18H21ClN2O4S. The zero-order valence-electron chi connectivity index (χ0n) is 14.6. The summed E-state index contributed by atoms with van der Waals surface area (Å²) in [5.41, 5.74) is 1.23. The first-order valence-electron chi connectivity index (χ1n) is 7.93. The Labute approximate surface area is 158 Å². The van der Waals surface area contributed by atoms with Gasteiger partial charge in [0.2, 0.25) is 15.9 Å². The van der Waals surface area contributed by atoms with Crippen molar-refractivity contribution in [1.29, 1.82) is 0 Å². The highest BCUT2D eigenvalue weighted by Crippen LogP contribution is 2.26. The van der Waals surface area contributed by atoms with E-state index in [9.17, 15) is 13.2 Å². The number of anilines is 1. The molecule has 140 valence electrons. The van der Waals surface area contributed by atoms with Crippen molar-refractivity contribution in [3.63, 3.8) is 0 Å². The van der Waals surface area contributed by atoms with Crippen molar-refractivity contribution in [3.8, 4) is 5.75 Å². The normalized spacial score (nSPS) is 11.0. The maximum atomic E-state index is 12.1. The van der Waals surface area contributed by atoms with Crippen LogP contribution in [0, 0.1) is 0 Å². The molecule has 0 aliphatic heterocycles. The summed E-state index contributed by atoms with van der Waals surface area (Å²) < 4.78 is 30.4. The number of hydrogen-bond donors (Lipinski definition) is 1. The molecule has 2 aromatic carbocycles. The van der Waals surface area contributed by atoms with Gasteiger partial charge in [-0.05, 0) is 29.8 Å². The number of nitrogens with zero attached hydrogens (tertiary/aromatic N) is 1. The van der Waals surface area contributed by atoms with Gasteiger partial charge >= 0.3 is 0 Å². The molecule has 6 nitrogen and oxygen atoms in total. The van der Waals surface area contributed by atoms with Crippen LogP contribution in [0.3, 0.4) is 0 Å².